The third kappa shape index (κ3) is 3.69. The molecule has 0 atom stereocenters. The Hall–Kier alpha value is -0.0800. The van der Waals surface area contributed by atoms with E-state index in [1.165, 1.54) is 64.6 Å². The Balaban J connectivity index is 1.89. The Kier molecular flexibility index (Phi) is 4.48. The number of piperidine rings is 1. The zero-order valence-corrected chi connectivity index (χ0v) is 11.8. The first kappa shape index (κ1) is 13.4. The second-order valence-electron chi connectivity index (χ2n) is 6.92. The molecule has 0 amide bonds. The maximum atomic E-state index is 5.99. The van der Waals surface area contributed by atoms with Crippen molar-refractivity contribution in [2.24, 2.45) is 17.1 Å². The monoisotopic (exact) mass is 238 g/mol. The van der Waals surface area contributed by atoms with E-state index < -0.39 is 0 Å². The van der Waals surface area contributed by atoms with Crippen LogP contribution in [0.5, 0.6) is 0 Å². The van der Waals surface area contributed by atoms with Crippen LogP contribution >= 0.6 is 0 Å². The van der Waals surface area contributed by atoms with Gasteiger partial charge in [-0.1, -0.05) is 26.7 Å². The van der Waals surface area contributed by atoms with Crippen LogP contribution in [-0.4, -0.2) is 30.6 Å². The standard InChI is InChI=1S/C15H30N2/c1-13(2)11-15(7-3-4-8-15)12-17-9-5-14(16)6-10-17/h13-14H,3-12,16H2,1-2H3. The van der Waals surface area contributed by atoms with Gasteiger partial charge in [0.15, 0.2) is 0 Å². The SMILES string of the molecule is CC(C)CC1(CN2CCC(N)CC2)CCCC1. The van der Waals surface area contributed by atoms with Crippen molar-refractivity contribution in [2.45, 2.75) is 64.8 Å². The van der Waals surface area contributed by atoms with Gasteiger partial charge >= 0.3 is 0 Å². The number of nitrogens with zero attached hydrogens (tertiary/aromatic N) is 1. The quantitative estimate of drug-likeness (QED) is 0.816. The topological polar surface area (TPSA) is 29.3 Å². The van der Waals surface area contributed by atoms with Crippen LogP contribution in [0.3, 0.4) is 0 Å². The van der Waals surface area contributed by atoms with Crippen LogP contribution < -0.4 is 5.73 Å². The van der Waals surface area contributed by atoms with Crippen molar-refractivity contribution in [2.75, 3.05) is 19.6 Å². The summed E-state index contributed by atoms with van der Waals surface area (Å²) in [6.07, 6.45) is 9.69. The van der Waals surface area contributed by atoms with Crippen LogP contribution in [0.4, 0.5) is 0 Å². The largest absolute Gasteiger partial charge is 0.328 e. The van der Waals surface area contributed by atoms with Crippen LogP contribution in [0.25, 0.3) is 0 Å². The zero-order valence-electron chi connectivity index (χ0n) is 11.8. The lowest BCUT2D eigenvalue weighted by molar-refractivity contribution is 0.107. The van der Waals surface area contributed by atoms with Gasteiger partial charge in [0.1, 0.15) is 0 Å². The molecule has 0 bridgehead atoms. The summed E-state index contributed by atoms with van der Waals surface area (Å²) in [6, 6.07) is 0.468. The van der Waals surface area contributed by atoms with Gasteiger partial charge in [0.05, 0.1) is 0 Å². The fourth-order valence-electron chi connectivity index (χ4n) is 4.00. The summed E-state index contributed by atoms with van der Waals surface area (Å²) in [4.78, 5) is 2.69. The summed E-state index contributed by atoms with van der Waals surface area (Å²) < 4.78 is 0. The molecule has 100 valence electrons. The molecule has 1 heterocycles. The van der Waals surface area contributed by atoms with Gasteiger partial charge in [0.2, 0.25) is 0 Å². The highest BCUT2D eigenvalue weighted by molar-refractivity contribution is 4.89. The van der Waals surface area contributed by atoms with Gasteiger partial charge in [-0.3, -0.25) is 0 Å². The maximum Gasteiger partial charge on any atom is 0.00631 e. The number of hydrogen-bond donors (Lipinski definition) is 1. The second-order valence-corrected chi connectivity index (χ2v) is 6.92. The molecule has 1 aliphatic heterocycles. The molecule has 2 N–H and O–H groups in total. The lowest BCUT2D eigenvalue weighted by Crippen LogP contribution is -2.44. The third-order valence-corrected chi connectivity index (χ3v) is 4.70. The van der Waals surface area contributed by atoms with Crippen molar-refractivity contribution in [3.63, 3.8) is 0 Å². The minimum Gasteiger partial charge on any atom is -0.328 e. The van der Waals surface area contributed by atoms with E-state index in [1.807, 2.05) is 0 Å². The van der Waals surface area contributed by atoms with Gasteiger partial charge in [-0.05, 0) is 56.5 Å². The Morgan fingerprint density at radius 2 is 1.76 bits per heavy atom. The highest BCUT2D eigenvalue weighted by Gasteiger charge is 2.36. The molecule has 0 aromatic rings. The van der Waals surface area contributed by atoms with Gasteiger partial charge in [-0.2, -0.15) is 0 Å². The van der Waals surface area contributed by atoms with Crippen molar-refractivity contribution in [1.29, 1.82) is 0 Å². The molecule has 2 nitrogen and oxygen atoms in total. The van der Waals surface area contributed by atoms with Crippen molar-refractivity contribution >= 4 is 0 Å². The smallest absolute Gasteiger partial charge is 0.00631 e. The molecule has 2 aliphatic rings. The lowest BCUT2D eigenvalue weighted by Gasteiger charge is -2.39. The number of likely N-dealkylation sites (tertiary alicyclic amines) is 1. The van der Waals surface area contributed by atoms with Gasteiger partial charge in [0.25, 0.3) is 0 Å². The molecule has 0 spiro atoms. The first-order valence-corrected chi connectivity index (χ1v) is 7.58. The minimum atomic E-state index is 0.468. The molecule has 2 heteroatoms. The maximum absolute atomic E-state index is 5.99. The normalized spacial score (nSPS) is 26.8. The first-order valence-electron chi connectivity index (χ1n) is 7.58. The van der Waals surface area contributed by atoms with E-state index in [1.54, 1.807) is 0 Å². The average Bonchev–Trinajstić information content (AvgIpc) is 2.69. The molecule has 2 fully saturated rings. The van der Waals surface area contributed by atoms with E-state index in [2.05, 4.69) is 18.7 Å². The molecule has 2 rings (SSSR count). The molecule has 0 aromatic heterocycles. The summed E-state index contributed by atoms with van der Waals surface area (Å²) in [6.45, 7) is 8.58. The number of rotatable bonds is 4. The highest BCUT2D eigenvalue weighted by atomic mass is 15.1. The van der Waals surface area contributed by atoms with Crippen LogP contribution in [-0.2, 0) is 0 Å². The summed E-state index contributed by atoms with van der Waals surface area (Å²) in [5.74, 6) is 0.847. The predicted molar refractivity (Wildman–Crippen MR) is 74.0 cm³/mol. The number of hydrogen-bond acceptors (Lipinski definition) is 2. The fourth-order valence-corrected chi connectivity index (χ4v) is 4.00. The highest BCUT2D eigenvalue weighted by Crippen LogP contribution is 2.44. The third-order valence-electron chi connectivity index (χ3n) is 4.70. The summed E-state index contributed by atoms with van der Waals surface area (Å²) in [5, 5.41) is 0. The summed E-state index contributed by atoms with van der Waals surface area (Å²) in [5.41, 5.74) is 6.64. The van der Waals surface area contributed by atoms with E-state index in [9.17, 15) is 0 Å². The average molecular weight is 238 g/mol. The fraction of sp³-hybridized carbons (Fsp3) is 1.00. The molecule has 1 aliphatic carbocycles. The molecule has 1 saturated heterocycles. The zero-order chi connectivity index (χ0) is 12.3. The minimum absolute atomic E-state index is 0.468. The van der Waals surface area contributed by atoms with E-state index >= 15 is 0 Å². The van der Waals surface area contributed by atoms with E-state index in [4.69, 9.17) is 5.73 Å². The Labute approximate surface area is 107 Å². The Morgan fingerprint density at radius 3 is 2.29 bits per heavy atom. The van der Waals surface area contributed by atoms with Crippen molar-refractivity contribution in [1.82, 2.24) is 4.90 Å². The predicted octanol–water partition coefficient (Wildman–Crippen LogP) is 3.02. The number of nitrogens with two attached hydrogens (primary N) is 1. The molecular formula is C15H30N2. The van der Waals surface area contributed by atoms with Crippen molar-refractivity contribution in [3.8, 4) is 0 Å². The van der Waals surface area contributed by atoms with Gasteiger partial charge < -0.3 is 10.6 Å². The van der Waals surface area contributed by atoms with Crippen LogP contribution in [0.15, 0.2) is 0 Å². The van der Waals surface area contributed by atoms with Crippen LogP contribution in [0.1, 0.15) is 58.8 Å². The first-order chi connectivity index (χ1) is 8.10. The van der Waals surface area contributed by atoms with Crippen LogP contribution in [0, 0.1) is 11.3 Å². The van der Waals surface area contributed by atoms with Crippen LogP contribution in [0.2, 0.25) is 0 Å². The van der Waals surface area contributed by atoms with Gasteiger partial charge in [-0.25, -0.2) is 0 Å². The van der Waals surface area contributed by atoms with E-state index in [-0.39, 0.29) is 0 Å². The molecule has 1 saturated carbocycles. The molecule has 17 heavy (non-hydrogen) atoms. The summed E-state index contributed by atoms with van der Waals surface area (Å²) >= 11 is 0. The van der Waals surface area contributed by atoms with Gasteiger partial charge in [0, 0.05) is 12.6 Å². The Morgan fingerprint density at radius 1 is 1.18 bits per heavy atom. The molecule has 0 unspecified atom stereocenters. The van der Waals surface area contributed by atoms with Crippen molar-refractivity contribution < 1.29 is 0 Å². The Bertz CT molecular complexity index is 223. The second kappa shape index (κ2) is 5.71. The van der Waals surface area contributed by atoms with Gasteiger partial charge in [-0.15, -0.1) is 0 Å². The molecule has 0 radical (unpaired) electrons. The molecule has 0 aromatic carbocycles. The van der Waals surface area contributed by atoms with Crippen molar-refractivity contribution in [3.05, 3.63) is 0 Å². The van der Waals surface area contributed by atoms with E-state index in [0.29, 0.717) is 11.5 Å². The molecular weight excluding hydrogens is 208 g/mol. The summed E-state index contributed by atoms with van der Waals surface area (Å²) in [7, 11) is 0. The lowest BCUT2D eigenvalue weighted by atomic mass is 9.78. The van der Waals surface area contributed by atoms with E-state index in [0.717, 1.165) is 5.92 Å².